The number of likely N-dealkylation sites (tertiary alicyclic amines) is 1. The average molecular weight is 410 g/mol. The molecule has 2 atom stereocenters. The first-order valence-electron chi connectivity index (χ1n) is 10.7. The van der Waals surface area contributed by atoms with E-state index in [4.69, 9.17) is 0 Å². The van der Waals surface area contributed by atoms with E-state index in [2.05, 4.69) is 10.3 Å². The number of nitrogens with zero attached hydrogens (tertiary/aromatic N) is 2. The van der Waals surface area contributed by atoms with Gasteiger partial charge in [0.25, 0.3) is 0 Å². The molecule has 4 rings (SSSR count). The summed E-state index contributed by atoms with van der Waals surface area (Å²) in [5.41, 5.74) is 2.52. The van der Waals surface area contributed by atoms with Crippen molar-refractivity contribution >= 4 is 11.8 Å². The first kappa shape index (κ1) is 20.5. The third-order valence-corrected chi connectivity index (χ3v) is 6.12. The monoisotopic (exact) mass is 409 g/mol. The molecule has 1 saturated carbocycles. The van der Waals surface area contributed by atoms with Gasteiger partial charge in [-0.3, -0.25) is 14.6 Å². The van der Waals surface area contributed by atoms with Crippen LogP contribution in [-0.4, -0.2) is 41.3 Å². The summed E-state index contributed by atoms with van der Waals surface area (Å²) in [6.07, 6.45) is 4.96. The number of piperidine rings is 1. The standard InChI is InChI=1S/C24H28FN3O2/c1-16-12-18(7-8-22(16)25)19-13-20(15-28(14-19)24(30)17-5-6-17)23(29)27-11-9-21-4-2-3-10-26-21/h2-4,7-8,10,12,17,19-20H,5-6,9,11,13-15H2,1H3,(H,27,29)/t19-,20-/m1/s1. The molecule has 2 fully saturated rings. The van der Waals surface area contributed by atoms with Crippen molar-refractivity contribution in [3.8, 4) is 0 Å². The van der Waals surface area contributed by atoms with Crippen LogP contribution in [-0.2, 0) is 16.0 Å². The van der Waals surface area contributed by atoms with Gasteiger partial charge in [0.05, 0.1) is 5.92 Å². The zero-order valence-corrected chi connectivity index (χ0v) is 17.3. The molecular weight excluding hydrogens is 381 g/mol. The lowest BCUT2D eigenvalue weighted by molar-refractivity contribution is -0.137. The fraction of sp³-hybridized carbons (Fsp3) is 0.458. The summed E-state index contributed by atoms with van der Waals surface area (Å²) in [7, 11) is 0. The average Bonchev–Trinajstić information content (AvgIpc) is 3.61. The SMILES string of the molecule is Cc1cc([C@@H]2C[C@@H](C(=O)NCCc3ccccn3)CN(C(=O)C3CC3)C2)ccc1F. The summed E-state index contributed by atoms with van der Waals surface area (Å²) < 4.78 is 13.7. The van der Waals surface area contributed by atoms with Crippen molar-refractivity contribution in [2.24, 2.45) is 11.8 Å². The summed E-state index contributed by atoms with van der Waals surface area (Å²) in [5, 5.41) is 3.02. The molecule has 2 heterocycles. The van der Waals surface area contributed by atoms with Crippen molar-refractivity contribution in [1.82, 2.24) is 15.2 Å². The topological polar surface area (TPSA) is 62.3 Å². The van der Waals surface area contributed by atoms with Crippen LogP contribution in [0.4, 0.5) is 4.39 Å². The molecule has 0 radical (unpaired) electrons. The van der Waals surface area contributed by atoms with Gasteiger partial charge in [-0.2, -0.15) is 0 Å². The van der Waals surface area contributed by atoms with Gasteiger partial charge < -0.3 is 10.2 Å². The van der Waals surface area contributed by atoms with E-state index in [1.54, 1.807) is 19.2 Å². The molecule has 158 valence electrons. The molecule has 6 heteroatoms. The van der Waals surface area contributed by atoms with E-state index in [0.717, 1.165) is 24.1 Å². The summed E-state index contributed by atoms with van der Waals surface area (Å²) in [4.78, 5) is 31.8. The molecule has 1 aromatic heterocycles. The first-order chi connectivity index (χ1) is 14.5. The lowest BCUT2D eigenvalue weighted by atomic mass is 9.83. The number of pyridine rings is 1. The van der Waals surface area contributed by atoms with Gasteiger partial charge in [-0.1, -0.05) is 18.2 Å². The number of nitrogens with one attached hydrogen (secondary N) is 1. The number of halogens is 1. The van der Waals surface area contributed by atoms with Gasteiger partial charge in [-0.25, -0.2) is 4.39 Å². The van der Waals surface area contributed by atoms with Crippen molar-refractivity contribution in [3.05, 3.63) is 65.2 Å². The second-order valence-corrected chi connectivity index (χ2v) is 8.52. The Labute approximate surface area is 176 Å². The third kappa shape index (κ3) is 4.86. The van der Waals surface area contributed by atoms with Crippen molar-refractivity contribution in [2.75, 3.05) is 19.6 Å². The van der Waals surface area contributed by atoms with Crippen LogP contribution in [0.1, 0.15) is 42.0 Å². The molecule has 2 aliphatic rings. The zero-order valence-electron chi connectivity index (χ0n) is 17.3. The summed E-state index contributed by atoms with van der Waals surface area (Å²) in [6.45, 7) is 3.32. The maximum Gasteiger partial charge on any atom is 0.225 e. The highest BCUT2D eigenvalue weighted by atomic mass is 19.1. The van der Waals surface area contributed by atoms with Crippen molar-refractivity contribution in [2.45, 2.75) is 38.5 Å². The smallest absolute Gasteiger partial charge is 0.225 e. The zero-order chi connectivity index (χ0) is 21.1. The van der Waals surface area contributed by atoms with Crippen LogP contribution >= 0.6 is 0 Å². The maximum absolute atomic E-state index is 13.7. The second kappa shape index (κ2) is 8.94. The van der Waals surface area contributed by atoms with E-state index in [1.807, 2.05) is 29.2 Å². The van der Waals surface area contributed by atoms with Gasteiger partial charge >= 0.3 is 0 Å². The number of amides is 2. The molecule has 1 aromatic carbocycles. The number of rotatable bonds is 6. The Balaban J connectivity index is 1.44. The van der Waals surface area contributed by atoms with E-state index >= 15 is 0 Å². The molecule has 2 aromatic rings. The molecule has 0 unspecified atom stereocenters. The molecule has 1 aliphatic heterocycles. The van der Waals surface area contributed by atoms with Crippen LogP contribution in [0.5, 0.6) is 0 Å². The number of aryl methyl sites for hydroxylation is 1. The van der Waals surface area contributed by atoms with Gasteiger partial charge in [-0.05, 0) is 55.5 Å². The fourth-order valence-corrected chi connectivity index (χ4v) is 4.22. The number of carbonyl (C=O) groups is 2. The van der Waals surface area contributed by atoms with Crippen molar-refractivity contribution in [1.29, 1.82) is 0 Å². The highest BCUT2D eigenvalue weighted by Crippen LogP contribution is 2.36. The van der Waals surface area contributed by atoms with Crippen molar-refractivity contribution < 1.29 is 14.0 Å². The van der Waals surface area contributed by atoms with Gasteiger partial charge in [0.15, 0.2) is 0 Å². The second-order valence-electron chi connectivity index (χ2n) is 8.52. The highest BCUT2D eigenvalue weighted by molar-refractivity contribution is 5.83. The predicted octanol–water partition coefficient (Wildman–Crippen LogP) is 3.23. The van der Waals surface area contributed by atoms with Gasteiger partial charge in [0, 0.05) is 49.8 Å². The van der Waals surface area contributed by atoms with Gasteiger partial charge in [0.1, 0.15) is 5.82 Å². The molecule has 0 bridgehead atoms. The molecular formula is C24H28FN3O2. The normalized spacial score (nSPS) is 21.3. The van der Waals surface area contributed by atoms with Crippen LogP contribution in [0.25, 0.3) is 0 Å². The minimum absolute atomic E-state index is 0.0249. The van der Waals surface area contributed by atoms with E-state index in [-0.39, 0.29) is 35.4 Å². The Morgan fingerprint density at radius 2 is 2.00 bits per heavy atom. The molecule has 1 N–H and O–H groups in total. The predicted molar refractivity (Wildman–Crippen MR) is 112 cm³/mol. The van der Waals surface area contributed by atoms with Crippen LogP contribution in [0.15, 0.2) is 42.6 Å². The molecule has 2 amide bonds. The fourth-order valence-electron chi connectivity index (χ4n) is 4.22. The number of carbonyl (C=O) groups excluding carboxylic acids is 2. The Morgan fingerprint density at radius 1 is 1.17 bits per heavy atom. The maximum atomic E-state index is 13.7. The number of hydrogen-bond acceptors (Lipinski definition) is 3. The lowest BCUT2D eigenvalue weighted by Gasteiger charge is -2.37. The minimum atomic E-state index is -0.263. The van der Waals surface area contributed by atoms with E-state index in [0.29, 0.717) is 38.0 Å². The summed E-state index contributed by atoms with van der Waals surface area (Å²) in [6, 6.07) is 10.9. The summed E-state index contributed by atoms with van der Waals surface area (Å²) in [5.74, 6) is -0.212. The van der Waals surface area contributed by atoms with E-state index < -0.39 is 0 Å². The Bertz CT molecular complexity index is 914. The van der Waals surface area contributed by atoms with Crippen LogP contribution < -0.4 is 5.32 Å². The quantitative estimate of drug-likeness (QED) is 0.797. The van der Waals surface area contributed by atoms with E-state index in [9.17, 15) is 14.0 Å². The molecule has 1 saturated heterocycles. The molecule has 30 heavy (non-hydrogen) atoms. The molecule has 5 nitrogen and oxygen atoms in total. The first-order valence-corrected chi connectivity index (χ1v) is 10.7. The largest absolute Gasteiger partial charge is 0.355 e. The summed E-state index contributed by atoms with van der Waals surface area (Å²) >= 11 is 0. The highest BCUT2D eigenvalue weighted by Gasteiger charge is 2.39. The molecule has 1 aliphatic carbocycles. The number of benzene rings is 1. The Morgan fingerprint density at radius 3 is 2.70 bits per heavy atom. The lowest BCUT2D eigenvalue weighted by Crippen LogP contribution is -2.48. The number of aromatic nitrogens is 1. The van der Waals surface area contributed by atoms with Gasteiger partial charge in [-0.15, -0.1) is 0 Å². The van der Waals surface area contributed by atoms with Gasteiger partial charge in [0.2, 0.25) is 11.8 Å². The Kier molecular flexibility index (Phi) is 6.11. The molecule has 0 spiro atoms. The Hall–Kier alpha value is -2.76. The van der Waals surface area contributed by atoms with Crippen LogP contribution in [0.3, 0.4) is 0 Å². The van der Waals surface area contributed by atoms with Crippen LogP contribution in [0.2, 0.25) is 0 Å². The minimum Gasteiger partial charge on any atom is -0.355 e. The van der Waals surface area contributed by atoms with Crippen molar-refractivity contribution in [3.63, 3.8) is 0 Å². The van der Waals surface area contributed by atoms with E-state index in [1.165, 1.54) is 6.07 Å². The van der Waals surface area contributed by atoms with Crippen LogP contribution in [0, 0.1) is 24.6 Å². The number of hydrogen-bond donors (Lipinski definition) is 1. The third-order valence-electron chi connectivity index (χ3n) is 6.12.